The first kappa shape index (κ1) is 14.9. The highest BCUT2D eigenvalue weighted by Crippen LogP contribution is 2.35. The quantitative estimate of drug-likeness (QED) is 0.772. The zero-order valence-electron chi connectivity index (χ0n) is 12.2. The second-order valence-corrected chi connectivity index (χ2v) is 6.77. The molecule has 1 fully saturated rings. The van der Waals surface area contributed by atoms with Gasteiger partial charge in [0.25, 0.3) is 0 Å². The first-order valence-electron chi connectivity index (χ1n) is 7.60. The SMILES string of the molecule is CC(C)CNCC(Cc1ccc(Cl)cc1)C1CCC1. The summed E-state index contributed by atoms with van der Waals surface area (Å²) in [7, 11) is 0. The molecule has 0 radical (unpaired) electrons. The zero-order chi connectivity index (χ0) is 13.7. The summed E-state index contributed by atoms with van der Waals surface area (Å²) >= 11 is 5.96. The van der Waals surface area contributed by atoms with Crippen LogP contribution in [0, 0.1) is 17.8 Å². The summed E-state index contributed by atoms with van der Waals surface area (Å²) < 4.78 is 0. The molecule has 1 saturated carbocycles. The topological polar surface area (TPSA) is 12.0 Å². The molecule has 19 heavy (non-hydrogen) atoms. The number of hydrogen-bond acceptors (Lipinski definition) is 1. The normalized spacial score (nSPS) is 17.5. The van der Waals surface area contributed by atoms with Gasteiger partial charge in [-0.15, -0.1) is 0 Å². The lowest BCUT2D eigenvalue weighted by atomic mass is 9.73. The minimum atomic E-state index is 0.734. The van der Waals surface area contributed by atoms with Gasteiger partial charge in [0.05, 0.1) is 0 Å². The first-order valence-corrected chi connectivity index (χ1v) is 7.98. The molecule has 1 N–H and O–H groups in total. The van der Waals surface area contributed by atoms with Gasteiger partial charge >= 0.3 is 0 Å². The Bertz CT molecular complexity index is 367. The number of halogens is 1. The van der Waals surface area contributed by atoms with Crippen molar-refractivity contribution in [2.75, 3.05) is 13.1 Å². The minimum absolute atomic E-state index is 0.734. The van der Waals surface area contributed by atoms with Crippen LogP contribution in [0.5, 0.6) is 0 Å². The molecule has 0 amide bonds. The van der Waals surface area contributed by atoms with Crippen molar-refractivity contribution in [2.45, 2.75) is 39.5 Å². The van der Waals surface area contributed by atoms with Crippen molar-refractivity contribution in [3.05, 3.63) is 34.9 Å². The summed E-state index contributed by atoms with van der Waals surface area (Å²) in [6, 6.07) is 8.37. The molecule has 1 aromatic carbocycles. The van der Waals surface area contributed by atoms with Crippen molar-refractivity contribution in [1.82, 2.24) is 5.32 Å². The Hall–Kier alpha value is -0.530. The van der Waals surface area contributed by atoms with E-state index in [0.29, 0.717) is 0 Å². The van der Waals surface area contributed by atoms with Crippen molar-refractivity contribution < 1.29 is 0 Å². The third-order valence-electron chi connectivity index (χ3n) is 4.19. The zero-order valence-corrected chi connectivity index (χ0v) is 12.9. The van der Waals surface area contributed by atoms with Crippen LogP contribution >= 0.6 is 11.6 Å². The molecule has 1 aromatic rings. The van der Waals surface area contributed by atoms with Crippen molar-refractivity contribution in [1.29, 1.82) is 0 Å². The Morgan fingerprint density at radius 3 is 2.37 bits per heavy atom. The standard InChI is InChI=1S/C17H26ClN/c1-13(2)11-19-12-16(15-4-3-5-15)10-14-6-8-17(18)9-7-14/h6-9,13,15-16,19H,3-5,10-12H2,1-2H3. The fourth-order valence-electron chi connectivity index (χ4n) is 2.80. The molecule has 0 aromatic heterocycles. The molecule has 1 aliphatic carbocycles. The lowest BCUT2D eigenvalue weighted by Crippen LogP contribution is -2.34. The molecular weight excluding hydrogens is 254 g/mol. The van der Waals surface area contributed by atoms with Crippen molar-refractivity contribution in [3.63, 3.8) is 0 Å². The highest BCUT2D eigenvalue weighted by Gasteiger charge is 2.27. The molecule has 0 bridgehead atoms. The number of benzene rings is 1. The maximum absolute atomic E-state index is 5.96. The van der Waals surface area contributed by atoms with E-state index >= 15 is 0 Å². The predicted octanol–water partition coefficient (Wildman–Crippen LogP) is 4.54. The van der Waals surface area contributed by atoms with Crippen molar-refractivity contribution >= 4 is 11.6 Å². The van der Waals surface area contributed by atoms with E-state index in [1.165, 1.54) is 31.2 Å². The van der Waals surface area contributed by atoms with Gasteiger partial charge < -0.3 is 5.32 Å². The molecule has 0 heterocycles. The molecule has 1 nitrogen and oxygen atoms in total. The highest BCUT2D eigenvalue weighted by molar-refractivity contribution is 6.30. The van der Waals surface area contributed by atoms with Crippen molar-refractivity contribution in [3.8, 4) is 0 Å². The van der Waals surface area contributed by atoms with Crippen LogP contribution in [0.15, 0.2) is 24.3 Å². The Labute approximate surface area is 122 Å². The van der Waals surface area contributed by atoms with Gasteiger partial charge in [-0.2, -0.15) is 0 Å². The van der Waals surface area contributed by atoms with Crippen LogP contribution in [0.1, 0.15) is 38.7 Å². The third-order valence-corrected chi connectivity index (χ3v) is 4.44. The molecule has 1 aliphatic rings. The van der Waals surface area contributed by atoms with Gasteiger partial charge in [-0.3, -0.25) is 0 Å². The largest absolute Gasteiger partial charge is 0.316 e. The maximum Gasteiger partial charge on any atom is 0.0406 e. The lowest BCUT2D eigenvalue weighted by molar-refractivity contribution is 0.198. The predicted molar refractivity (Wildman–Crippen MR) is 83.7 cm³/mol. The van der Waals surface area contributed by atoms with Crippen LogP contribution in [0.4, 0.5) is 0 Å². The fraction of sp³-hybridized carbons (Fsp3) is 0.647. The van der Waals surface area contributed by atoms with Crippen molar-refractivity contribution in [2.24, 2.45) is 17.8 Å². The number of nitrogens with one attached hydrogen (secondary N) is 1. The van der Waals surface area contributed by atoms with Gasteiger partial charge in [0.1, 0.15) is 0 Å². The lowest BCUT2D eigenvalue weighted by Gasteiger charge is -2.34. The Kier molecular flexibility index (Phi) is 5.72. The Morgan fingerprint density at radius 1 is 1.16 bits per heavy atom. The summed E-state index contributed by atoms with van der Waals surface area (Å²) in [5.74, 6) is 2.45. The van der Waals surface area contributed by atoms with Gasteiger partial charge in [-0.25, -0.2) is 0 Å². The summed E-state index contributed by atoms with van der Waals surface area (Å²) in [5, 5.41) is 4.47. The molecule has 106 valence electrons. The second-order valence-electron chi connectivity index (χ2n) is 6.33. The minimum Gasteiger partial charge on any atom is -0.316 e. The molecular formula is C17H26ClN. The number of hydrogen-bond donors (Lipinski definition) is 1. The second kappa shape index (κ2) is 7.31. The summed E-state index contributed by atoms with van der Waals surface area (Å²) in [6.45, 7) is 6.82. The van der Waals surface area contributed by atoms with Crippen LogP contribution in [-0.4, -0.2) is 13.1 Å². The Balaban J connectivity index is 1.87. The van der Waals surface area contributed by atoms with Gasteiger partial charge in [-0.05, 0) is 55.0 Å². The maximum atomic E-state index is 5.96. The van der Waals surface area contributed by atoms with Gasteiger partial charge in [0.2, 0.25) is 0 Å². The van der Waals surface area contributed by atoms with Gasteiger partial charge in [0.15, 0.2) is 0 Å². The van der Waals surface area contributed by atoms with E-state index in [1.807, 2.05) is 12.1 Å². The average molecular weight is 280 g/mol. The van der Waals surface area contributed by atoms with E-state index in [0.717, 1.165) is 35.9 Å². The van der Waals surface area contributed by atoms with Gasteiger partial charge in [-0.1, -0.05) is 56.8 Å². The average Bonchev–Trinajstić information content (AvgIpc) is 2.29. The molecule has 1 atom stereocenters. The summed E-state index contributed by atoms with van der Waals surface area (Å²) in [5.41, 5.74) is 1.42. The van der Waals surface area contributed by atoms with Crippen LogP contribution in [-0.2, 0) is 6.42 Å². The number of rotatable bonds is 7. The molecule has 2 heteroatoms. The molecule has 0 saturated heterocycles. The van der Waals surface area contributed by atoms with Crippen LogP contribution in [0.2, 0.25) is 5.02 Å². The summed E-state index contributed by atoms with van der Waals surface area (Å²) in [4.78, 5) is 0. The molecule has 1 unspecified atom stereocenters. The van der Waals surface area contributed by atoms with Crippen LogP contribution in [0.25, 0.3) is 0 Å². The first-order chi connectivity index (χ1) is 9.15. The van der Waals surface area contributed by atoms with Crippen LogP contribution < -0.4 is 5.32 Å². The molecule has 2 rings (SSSR count). The van der Waals surface area contributed by atoms with E-state index in [2.05, 4.69) is 31.3 Å². The van der Waals surface area contributed by atoms with E-state index < -0.39 is 0 Å². The molecule has 0 spiro atoms. The smallest absolute Gasteiger partial charge is 0.0406 e. The fourth-order valence-corrected chi connectivity index (χ4v) is 2.92. The third kappa shape index (κ3) is 4.81. The van der Waals surface area contributed by atoms with E-state index in [9.17, 15) is 0 Å². The van der Waals surface area contributed by atoms with Gasteiger partial charge in [0, 0.05) is 5.02 Å². The van der Waals surface area contributed by atoms with E-state index in [1.54, 1.807) is 0 Å². The molecule has 0 aliphatic heterocycles. The Morgan fingerprint density at radius 2 is 1.84 bits per heavy atom. The van der Waals surface area contributed by atoms with E-state index in [-0.39, 0.29) is 0 Å². The monoisotopic (exact) mass is 279 g/mol. The van der Waals surface area contributed by atoms with E-state index in [4.69, 9.17) is 11.6 Å². The summed E-state index contributed by atoms with van der Waals surface area (Å²) in [6.07, 6.45) is 5.45. The van der Waals surface area contributed by atoms with Crippen LogP contribution in [0.3, 0.4) is 0 Å². The highest BCUT2D eigenvalue weighted by atomic mass is 35.5.